The SMILES string of the molecule is CC(COC=O)COC(C)(C)C. The molecule has 0 saturated carbocycles. The van der Waals surface area contributed by atoms with Crippen molar-refractivity contribution in [2.45, 2.75) is 33.3 Å². The molecular formula is C9H18O3. The summed E-state index contributed by atoms with van der Waals surface area (Å²) < 4.78 is 10.1. The van der Waals surface area contributed by atoms with E-state index < -0.39 is 0 Å². The fourth-order valence-electron chi connectivity index (χ4n) is 0.644. The van der Waals surface area contributed by atoms with E-state index in [0.717, 1.165) is 0 Å². The third kappa shape index (κ3) is 7.54. The molecule has 0 aliphatic carbocycles. The van der Waals surface area contributed by atoms with Crippen LogP contribution in [0.5, 0.6) is 0 Å². The lowest BCUT2D eigenvalue weighted by Gasteiger charge is -2.21. The van der Waals surface area contributed by atoms with Gasteiger partial charge in [0.25, 0.3) is 6.47 Å². The number of carbonyl (C=O) groups is 1. The Labute approximate surface area is 74.0 Å². The van der Waals surface area contributed by atoms with E-state index in [0.29, 0.717) is 19.7 Å². The van der Waals surface area contributed by atoms with Gasteiger partial charge in [-0.15, -0.1) is 0 Å². The van der Waals surface area contributed by atoms with Crippen LogP contribution in [0.1, 0.15) is 27.7 Å². The highest BCUT2D eigenvalue weighted by molar-refractivity contribution is 5.36. The Morgan fingerprint density at radius 1 is 1.33 bits per heavy atom. The van der Waals surface area contributed by atoms with Crippen LogP contribution in [-0.4, -0.2) is 25.3 Å². The summed E-state index contributed by atoms with van der Waals surface area (Å²) in [5.41, 5.74) is -0.116. The summed E-state index contributed by atoms with van der Waals surface area (Å²) >= 11 is 0. The molecule has 3 heteroatoms. The Balaban J connectivity index is 3.43. The van der Waals surface area contributed by atoms with Crippen LogP contribution in [0.2, 0.25) is 0 Å². The van der Waals surface area contributed by atoms with Crippen LogP contribution in [0.4, 0.5) is 0 Å². The van der Waals surface area contributed by atoms with E-state index >= 15 is 0 Å². The minimum absolute atomic E-state index is 0.116. The van der Waals surface area contributed by atoms with Gasteiger partial charge in [-0.05, 0) is 20.8 Å². The van der Waals surface area contributed by atoms with Crippen molar-refractivity contribution in [1.82, 2.24) is 0 Å². The predicted molar refractivity (Wildman–Crippen MR) is 46.9 cm³/mol. The zero-order valence-electron chi connectivity index (χ0n) is 8.29. The fourth-order valence-corrected chi connectivity index (χ4v) is 0.644. The second kappa shape index (κ2) is 5.14. The number of hydrogen-bond acceptors (Lipinski definition) is 3. The van der Waals surface area contributed by atoms with Crippen molar-refractivity contribution >= 4 is 6.47 Å². The van der Waals surface area contributed by atoms with Gasteiger partial charge >= 0.3 is 0 Å². The molecule has 0 aromatic carbocycles. The third-order valence-electron chi connectivity index (χ3n) is 1.25. The second-order valence-corrected chi connectivity index (χ2v) is 3.96. The first-order valence-corrected chi connectivity index (χ1v) is 4.15. The third-order valence-corrected chi connectivity index (χ3v) is 1.25. The van der Waals surface area contributed by atoms with Gasteiger partial charge < -0.3 is 9.47 Å². The van der Waals surface area contributed by atoms with E-state index in [9.17, 15) is 4.79 Å². The number of carbonyl (C=O) groups excluding carboxylic acids is 1. The summed E-state index contributed by atoms with van der Waals surface area (Å²) in [7, 11) is 0. The van der Waals surface area contributed by atoms with Crippen LogP contribution in [-0.2, 0) is 14.3 Å². The molecule has 12 heavy (non-hydrogen) atoms. The van der Waals surface area contributed by atoms with Gasteiger partial charge in [-0.25, -0.2) is 0 Å². The van der Waals surface area contributed by atoms with Crippen molar-refractivity contribution in [3.05, 3.63) is 0 Å². The molecule has 1 atom stereocenters. The van der Waals surface area contributed by atoms with Crippen LogP contribution >= 0.6 is 0 Å². The summed E-state index contributed by atoms with van der Waals surface area (Å²) in [4.78, 5) is 9.85. The Morgan fingerprint density at radius 2 is 1.92 bits per heavy atom. The molecule has 0 aliphatic rings. The molecule has 0 radical (unpaired) electrons. The van der Waals surface area contributed by atoms with Gasteiger partial charge in [0.1, 0.15) is 0 Å². The minimum atomic E-state index is -0.116. The average Bonchev–Trinajstić information content (AvgIpc) is 1.95. The quantitative estimate of drug-likeness (QED) is 0.594. The maximum Gasteiger partial charge on any atom is 0.293 e. The van der Waals surface area contributed by atoms with Crippen molar-refractivity contribution < 1.29 is 14.3 Å². The standard InChI is InChI=1S/C9H18O3/c1-8(5-11-7-10)6-12-9(2,3)4/h7-8H,5-6H2,1-4H3. The van der Waals surface area contributed by atoms with Crippen LogP contribution in [0.3, 0.4) is 0 Å². The largest absolute Gasteiger partial charge is 0.468 e. The Hall–Kier alpha value is -0.570. The molecule has 3 nitrogen and oxygen atoms in total. The highest BCUT2D eigenvalue weighted by atomic mass is 16.5. The molecule has 0 spiro atoms. The first-order valence-electron chi connectivity index (χ1n) is 4.15. The maximum atomic E-state index is 9.85. The number of rotatable bonds is 5. The smallest absolute Gasteiger partial charge is 0.293 e. The summed E-state index contributed by atoms with van der Waals surface area (Å²) in [5, 5.41) is 0. The Kier molecular flexibility index (Phi) is 4.90. The van der Waals surface area contributed by atoms with E-state index in [4.69, 9.17) is 4.74 Å². The van der Waals surface area contributed by atoms with Gasteiger partial charge in [-0.1, -0.05) is 6.92 Å². The van der Waals surface area contributed by atoms with Crippen molar-refractivity contribution in [1.29, 1.82) is 0 Å². The van der Waals surface area contributed by atoms with E-state index in [2.05, 4.69) is 4.74 Å². The van der Waals surface area contributed by atoms with Gasteiger partial charge in [-0.2, -0.15) is 0 Å². The van der Waals surface area contributed by atoms with Crippen molar-refractivity contribution in [2.75, 3.05) is 13.2 Å². The lowest BCUT2D eigenvalue weighted by molar-refractivity contribution is -0.131. The summed E-state index contributed by atoms with van der Waals surface area (Å²) in [5.74, 6) is 0.259. The molecule has 0 amide bonds. The summed E-state index contributed by atoms with van der Waals surface area (Å²) in [6.45, 7) is 9.50. The average molecular weight is 174 g/mol. The Bertz CT molecular complexity index is 126. The molecule has 0 saturated heterocycles. The predicted octanol–water partition coefficient (Wildman–Crippen LogP) is 1.61. The zero-order valence-corrected chi connectivity index (χ0v) is 8.29. The molecule has 0 fully saturated rings. The molecule has 0 aromatic rings. The first kappa shape index (κ1) is 11.4. The molecule has 1 unspecified atom stereocenters. The van der Waals surface area contributed by atoms with Crippen LogP contribution in [0, 0.1) is 5.92 Å². The monoisotopic (exact) mass is 174 g/mol. The van der Waals surface area contributed by atoms with Gasteiger partial charge in [0.05, 0.1) is 18.8 Å². The van der Waals surface area contributed by atoms with E-state index in [-0.39, 0.29) is 11.5 Å². The van der Waals surface area contributed by atoms with Gasteiger partial charge in [0, 0.05) is 5.92 Å². The molecule has 0 bridgehead atoms. The van der Waals surface area contributed by atoms with Gasteiger partial charge in [0.15, 0.2) is 0 Å². The zero-order chi connectivity index (χ0) is 9.61. The normalized spacial score (nSPS) is 14.0. The highest BCUT2D eigenvalue weighted by Gasteiger charge is 2.12. The lowest BCUT2D eigenvalue weighted by Crippen LogP contribution is -2.24. The minimum Gasteiger partial charge on any atom is -0.468 e. The van der Waals surface area contributed by atoms with E-state index in [1.807, 2.05) is 27.7 Å². The molecule has 0 heterocycles. The molecule has 0 aliphatic heterocycles. The van der Waals surface area contributed by atoms with E-state index in [1.165, 1.54) is 0 Å². The number of hydrogen-bond donors (Lipinski definition) is 0. The molecule has 0 N–H and O–H groups in total. The van der Waals surface area contributed by atoms with Crippen molar-refractivity contribution in [3.63, 3.8) is 0 Å². The van der Waals surface area contributed by atoms with E-state index in [1.54, 1.807) is 0 Å². The fraction of sp³-hybridized carbons (Fsp3) is 0.889. The summed E-state index contributed by atoms with van der Waals surface area (Å²) in [6, 6.07) is 0. The van der Waals surface area contributed by atoms with Gasteiger partial charge in [-0.3, -0.25) is 4.79 Å². The van der Waals surface area contributed by atoms with Crippen LogP contribution < -0.4 is 0 Å². The van der Waals surface area contributed by atoms with Crippen LogP contribution in [0.25, 0.3) is 0 Å². The first-order chi connectivity index (χ1) is 5.45. The molecule has 0 aromatic heterocycles. The lowest BCUT2D eigenvalue weighted by atomic mass is 10.1. The summed E-state index contributed by atoms with van der Waals surface area (Å²) in [6.07, 6.45) is 0. The number of ether oxygens (including phenoxy) is 2. The van der Waals surface area contributed by atoms with Crippen molar-refractivity contribution in [2.24, 2.45) is 5.92 Å². The van der Waals surface area contributed by atoms with Gasteiger partial charge in [0.2, 0.25) is 0 Å². The maximum absolute atomic E-state index is 9.85. The molecule has 72 valence electrons. The molecule has 0 rings (SSSR count). The Morgan fingerprint density at radius 3 is 2.33 bits per heavy atom. The molecular weight excluding hydrogens is 156 g/mol. The topological polar surface area (TPSA) is 35.5 Å². The highest BCUT2D eigenvalue weighted by Crippen LogP contribution is 2.09. The van der Waals surface area contributed by atoms with Crippen LogP contribution in [0.15, 0.2) is 0 Å². The second-order valence-electron chi connectivity index (χ2n) is 3.96. The van der Waals surface area contributed by atoms with Crippen molar-refractivity contribution in [3.8, 4) is 0 Å².